The van der Waals surface area contributed by atoms with Crippen LogP contribution in [-0.4, -0.2) is 66.5 Å². The molecule has 2 aromatic carbocycles. The van der Waals surface area contributed by atoms with Crippen molar-refractivity contribution in [2.75, 3.05) is 50.7 Å². The van der Waals surface area contributed by atoms with Gasteiger partial charge in [-0.05, 0) is 61.7 Å². The van der Waals surface area contributed by atoms with Crippen LogP contribution in [0.3, 0.4) is 0 Å². The van der Waals surface area contributed by atoms with Gasteiger partial charge < -0.3 is 19.7 Å². The quantitative estimate of drug-likeness (QED) is 0.358. The number of hydrogen-bond acceptors (Lipinski definition) is 4. The lowest BCUT2D eigenvalue weighted by molar-refractivity contribution is -0.119. The molecular formula is C30H39N5O. The molecule has 4 rings (SSSR count). The van der Waals surface area contributed by atoms with Gasteiger partial charge in [0.1, 0.15) is 0 Å². The second-order valence-corrected chi connectivity index (χ2v) is 9.81. The lowest BCUT2D eigenvalue weighted by Crippen LogP contribution is -2.47. The average molecular weight is 486 g/mol. The number of hydrogen-bond donors (Lipinski definition) is 1. The zero-order chi connectivity index (χ0) is 25.2. The van der Waals surface area contributed by atoms with E-state index in [1.165, 1.54) is 10.9 Å². The Morgan fingerprint density at radius 2 is 1.75 bits per heavy atom. The van der Waals surface area contributed by atoms with E-state index in [1.807, 2.05) is 53.4 Å². The van der Waals surface area contributed by atoms with E-state index >= 15 is 0 Å². The first-order chi connectivity index (χ1) is 17.7. The molecule has 3 aromatic rings. The molecular weight excluding hydrogens is 446 g/mol. The summed E-state index contributed by atoms with van der Waals surface area (Å²) in [4.78, 5) is 23.4. The SMILES string of the molecule is CCCCCN(C(=O)CCN1CCN(CCCc2c[nH]c3ccc(C#N)cc23)CC1)c1ccccc1. The van der Waals surface area contributed by atoms with Gasteiger partial charge in [0.25, 0.3) is 0 Å². The molecule has 1 aromatic heterocycles. The van der Waals surface area contributed by atoms with E-state index in [-0.39, 0.29) is 5.91 Å². The molecule has 1 fully saturated rings. The van der Waals surface area contributed by atoms with Crippen LogP contribution in [0.5, 0.6) is 0 Å². The molecule has 0 radical (unpaired) electrons. The number of H-pyrrole nitrogens is 1. The molecule has 6 heteroatoms. The molecule has 1 N–H and O–H groups in total. The zero-order valence-electron chi connectivity index (χ0n) is 21.6. The Morgan fingerprint density at radius 1 is 1.00 bits per heavy atom. The number of nitrogens with one attached hydrogen (secondary N) is 1. The third-order valence-electron chi connectivity index (χ3n) is 7.28. The van der Waals surface area contributed by atoms with Crippen molar-refractivity contribution < 1.29 is 4.79 Å². The van der Waals surface area contributed by atoms with Crippen LogP contribution >= 0.6 is 0 Å². The number of nitriles is 1. The minimum Gasteiger partial charge on any atom is -0.361 e. The highest BCUT2D eigenvalue weighted by molar-refractivity contribution is 5.93. The highest BCUT2D eigenvalue weighted by atomic mass is 16.2. The number of carbonyl (C=O) groups is 1. The second-order valence-electron chi connectivity index (χ2n) is 9.81. The second kappa shape index (κ2) is 13.2. The monoisotopic (exact) mass is 485 g/mol. The molecule has 0 bridgehead atoms. The summed E-state index contributed by atoms with van der Waals surface area (Å²) in [6, 6.07) is 18.2. The molecule has 1 aliphatic rings. The van der Waals surface area contributed by atoms with Gasteiger partial charge in [0.05, 0.1) is 11.6 Å². The Hall–Kier alpha value is -3.14. The standard InChI is InChI=1S/C30H39N5O/c1-2-3-7-16-35(27-10-5-4-6-11-27)30(36)14-17-34-20-18-33(19-21-34)15-8-9-26-24-32-29-13-12-25(23-31)22-28(26)29/h4-6,10-13,22,24,32H,2-3,7-9,14-21H2,1H3. The summed E-state index contributed by atoms with van der Waals surface area (Å²) < 4.78 is 0. The first-order valence-corrected chi connectivity index (χ1v) is 13.5. The maximum atomic E-state index is 13.1. The van der Waals surface area contributed by atoms with Crippen molar-refractivity contribution in [1.29, 1.82) is 5.26 Å². The van der Waals surface area contributed by atoms with Gasteiger partial charge in [-0.2, -0.15) is 5.26 Å². The number of aryl methyl sites for hydroxylation is 1. The van der Waals surface area contributed by atoms with E-state index in [4.69, 9.17) is 0 Å². The molecule has 0 saturated carbocycles. The van der Waals surface area contributed by atoms with E-state index in [0.29, 0.717) is 12.0 Å². The molecule has 36 heavy (non-hydrogen) atoms. The van der Waals surface area contributed by atoms with Gasteiger partial charge in [-0.15, -0.1) is 0 Å². The number of aromatic amines is 1. The number of anilines is 1. The fourth-order valence-electron chi connectivity index (χ4n) is 5.10. The van der Waals surface area contributed by atoms with Gasteiger partial charge in [-0.25, -0.2) is 0 Å². The molecule has 0 spiro atoms. The third kappa shape index (κ3) is 6.96. The molecule has 2 heterocycles. The van der Waals surface area contributed by atoms with Crippen molar-refractivity contribution in [3.05, 3.63) is 65.9 Å². The van der Waals surface area contributed by atoms with E-state index in [0.717, 1.165) is 89.1 Å². The summed E-state index contributed by atoms with van der Waals surface area (Å²) in [5, 5.41) is 10.4. The van der Waals surface area contributed by atoms with E-state index in [9.17, 15) is 10.1 Å². The first kappa shape index (κ1) is 25.9. The predicted octanol–water partition coefficient (Wildman–Crippen LogP) is 5.20. The van der Waals surface area contributed by atoms with Crippen molar-refractivity contribution >= 4 is 22.5 Å². The molecule has 1 amide bonds. The normalized spacial score (nSPS) is 14.7. The average Bonchev–Trinajstić information content (AvgIpc) is 3.33. The molecule has 0 unspecified atom stereocenters. The smallest absolute Gasteiger partial charge is 0.228 e. The van der Waals surface area contributed by atoms with Gasteiger partial charge in [-0.3, -0.25) is 4.79 Å². The van der Waals surface area contributed by atoms with E-state index in [1.54, 1.807) is 0 Å². The van der Waals surface area contributed by atoms with E-state index in [2.05, 4.69) is 34.0 Å². The fourth-order valence-corrected chi connectivity index (χ4v) is 5.10. The Labute approximate surface area is 215 Å². The van der Waals surface area contributed by atoms with Crippen LogP contribution < -0.4 is 4.90 Å². The Bertz CT molecular complexity index is 1140. The van der Waals surface area contributed by atoms with Crippen LogP contribution in [0.4, 0.5) is 5.69 Å². The Morgan fingerprint density at radius 3 is 2.47 bits per heavy atom. The third-order valence-corrected chi connectivity index (χ3v) is 7.28. The largest absolute Gasteiger partial charge is 0.361 e. The lowest BCUT2D eigenvalue weighted by Gasteiger charge is -2.35. The fraction of sp³-hybridized carbons (Fsp3) is 0.467. The zero-order valence-corrected chi connectivity index (χ0v) is 21.6. The summed E-state index contributed by atoms with van der Waals surface area (Å²) in [7, 11) is 0. The molecule has 0 aliphatic carbocycles. The topological polar surface area (TPSA) is 66.4 Å². The number of benzene rings is 2. The van der Waals surface area contributed by atoms with Crippen molar-refractivity contribution in [2.45, 2.75) is 45.4 Å². The lowest BCUT2D eigenvalue weighted by atomic mass is 10.1. The molecule has 0 atom stereocenters. The predicted molar refractivity (Wildman–Crippen MR) is 147 cm³/mol. The number of para-hydroxylation sites is 1. The summed E-state index contributed by atoms with van der Waals surface area (Å²) in [5.74, 6) is 0.234. The Kier molecular flexibility index (Phi) is 9.54. The van der Waals surface area contributed by atoms with Gasteiger partial charge in [-0.1, -0.05) is 38.0 Å². The minimum atomic E-state index is 0.234. The van der Waals surface area contributed by atoms with Crippen molar-refractivity contribution in [2.24, 2.45) is 0 Å². The summed E-state index contributed by atoms with van der Waals surface area (Å²) >= 11 is 0. The van der Waals surface area contributed by atoms with Crippen molar-refractivity contribution in [3.63, 3.8) is 0 Å². The number of unbranched alkanes of at least 4 members (excludes halogenated alkanes) is 2. The number of rotatable bonds is 12. The van der Waals surface area contributed by atoms with Crippen LogP contribution in [0.15, 0.2) is 54.7 Å². The number of fused-ring (bicyclic) bond motifs is 1. The van der Waals surface area contributed by atoms with Crippen molar-refractivity contribution in [3.8, 4) is 6.07 Å². The van der Waals surface area contributed by atoms with Gasteiger partial charge in [0.15, 0.2) is 0 Å². The molecule has 190 valence electrons. The number of amides is 1. The number of carbonyl (C=O) groups excluding carboxylic acids is 1. The molecule has 1 saturated heterocycles. The Balaban J connectivity index is 1.19. The maximum Gasteiger partial charge on any atom is 0.228 e. The summed E-state index contributed by atoms with van der Waals surface area (Å²) in [6.45, 7) is 9.07. The van der Waals surface area contributed by atoms with Crippen LogP contribution in [0, 0.1) is 11.3 Å². The van der Waals surface area contributed by atoms with Gasteiger partial charge >= 0.3 is 0 Å². The number of aromatic nitrogens is 1. The van der Waals surface area contributed by atoms with E-state index < -0.39 is 0 Å². The molecule has 6 nitrogen and oxygen atoms in total. The van der Waals surface area contributed by atoms with Crippen molar-refractivity contribution in [1.82, 2.24) is 14.8 Å². The number of piperazine rings is 1. The van der Waals surface area contributed by atoms with Crippen LogP contribution in [-0.2, 0) is 11.2 Å². The highest BCUT2D eigenvalue weighted by Gasteiger charge is 2.20. The van der Waals surface area contributed by atoms with Crippen LogP contribution in [0.1, 0.15) is 50.2 Å². The van der Waals surface area contributed by atoms with Gasteiger partial charge in [0, 0.05) is 68.5 Å². The first-order valence-electron chi connectivity index (χ1n) is 13.5. The highest BCUT2D eigenvalue weighted by Crippen LogP contribution is 2.21. The molecule has 1 aliphatic heterocycles. The van der Waals surface area contributed by atoms with Crippen LogP contribution in [0.2, 0.25) is 0 Å². The van der Waals surface area contributed by atoms with Gasteiger partial charge in [0.2, 0.25) is 5.91 Å². The van der Waals surface area contributed by atoms with Crippen LogP contribution in [0.25, 0.3) is 10.9 Å². The summed E-state index contributed by atoms with van der Waals surface area (Å²) in [5.41, 5.74) is 4.12. The maximum absolute atomic E-state index is 13.1. The summed E-state index contributed by atoms with van der Waals surface area (Å²) in [6.07, 6.45) is 8.13. The number of nitrogens with zero attached hydrogens (tertiary/aromatic N) is 4. The minimum absolute atomic E-state index is 0.234.